The van der Waals surface area contributed by atoms with Gasteiger partial charge in [0.15, 0.2) is 11.9 Å². The van der Waals surface area contributed by atoms with Gasteiger partial charge in [-0.05, 0) is 50.2 Å². The predicted octanol–water partition coefficient (Wildman–Crippen LogP) is 3.30. The Morgan fingerprint density at radius 3 is 2.68 bits per heavy atom. The Labute approximate surface area is 167 Å². The molecule has 1 N–H and O–H groups in total. The number of methoxy groups -OCH3 is 1. The lowest BCUT2D eigenvalue weighted by Gasteiger charge is -2.32. The van der Waals surface area contributed by atoms with E-state index in [0.29, 0.717) is 33.5 Å². The second-order valence-electron chi connectivity index (χ2n) is 6.32. The summed E-state index contributed by atoms with van der Waals surface area (Å²) in [6.07, 6.45) is -0.746. The highest BCUT2D eigenvalue weighted by atomic mass is 35.5. The number of hydrogen-bond acceptors (Lipinski definition) is 5. The van der Waals surface area contributed by atoms with Gasteiger partial charge in [0, 0.05) is 10.6 Å². The zero-order chi connectivity index (χ0) is 20.4. The molecular formula is C20H19ClN2O5. The number of carbonyl (C=O) groups is 3. The molecule has 1 aliphatic heterocycles. The Bertz CT molecular complexity index is 960. The minimum absolute atomic E-state index is 0.151. The fraction of sp³-hybridized carbons (Fsp3) is 0.250. The molecule has 0 aliphatic carbocycles. The molecule has 0 aromatic heterocycles. The molecule has 2 aromatic carbocycles. The van der Waals surface area contributed by atoms with Gasteiger partial charge >= 0.3 is 0 Å². The summed E-state index contributed by atoms with van der Waals surface area (Å²) in [4.78, 5) is 38.3. The maximum Gasteiger partial charge on any atom is 0.268 e. The molecule has 0 radical (unpaired) electrons. The van der Waals surface area contributed by atoms with Crippen LogP contribution >= 0.6 is 11.6 Å². The number of nitrogens with one attached hydrogen (secondary N) is 1. The van der Waals surface area contributed by atoms with Gasteiger partial charge < -0.3 is 14.8 Å². The molecule has 8 heteroatoms. The molecule has 0 fully saturated rings. The van der Waals surface area contributed by atoms with Gasteiger partial charge in [-0.25, -0.2) is 0 Å². The van der Waals surface area contributed by atoms with Crippen molar-refractivity contribution >= 4 is 40.6 Å². The maximum atomic E-state index is 12.6. The van der Waals surface area contributed by atoms with E-state index >= 15 is 0 Å². The first-order valence-electron chi connectivity index (χ1n) is 8.56. The summed E-state index contributed by atoms with van der Waals surface area (Å²) in [5, 5.41) is 3.14. The summed E-state index contributed by atoms with van der Waals surface area (Å²) in [6.45, 7) is 2.78. The van der Waals surface area contributed by atoms with Crippen LogP contribution in [0, 0.1) is 0 Å². The molecule has 0 spiro atoms. The van der Waals surface area contributed by atoms with E-state index in [2.05, 4.69) is 5.32 Å². The molecule has 1 unspecified atom stereocenters. The Balaban J connectivity index is 1.88. The highest BCUT2D eigenvalue weighted by Gasteiger charge is 2.33. The number of halogens is 1. The number of benzene rings is 2. The van der Waals surface area contributed by atoms with Crippen LogP contribution in [0.3, 0.4) is 0 Å². The molecule has 146 valence electrons. The lowest BCUT2D eigenvalue weighted by atomic mass is 10.1. The van der Waals surface area contributed by atoms with Crippen LogP contribution in [0.1, 0.15) is 24.2 Å². The van der Waals surface area contributed by atoms with Crippen LogP contribution in [0.15, 0.2) is 36.4 Å². The van der Waals surface area contributed by atoms with E-state index in [0.717, 1.165) is 0 Å². The van der Waals surface area contributed by atoms with Gasteiger partial charge in [-0.2, -0.15) is 0 Å². The van der Waals surface area contributed by atoms with Gasteiger partial charge in [-0.15, -0.1) is 0 Å². The third-order valence-electron chi connectivity index (χ3n) is 4.31. The lowest BCUT2D eigenvalue weighted by Crippen LogP contribution is -2.47. The number of rotatable bonds is 5. The van der Waals surface area contributed by atoms with Crippen molar-refractivity contribution in [2.45, 2.75) is 20.0 Å². The third kappa shape index (κ3) is 3.94. The first-order chi connectivity index (χ1) is 13.3. The van der Waals surface area contributed by atoms with E-state index in [1.165, 1.54) is 18.9 Å². The Kier molecular flexibility index (Phi) is 5.56. The average Bonchev–Trinajstić information content (AvgIpc) is 2.65. The van der Waals surface area contributed by atoms with Crippen molar-refractivity contribution in [3.8, 4) is 11.5 Å². The molecule has 28 heavy (non-hydrogen) atoms. The SMILES string of the molecule is COc1ccc(Cl)cc1NC(=O)CN1C(=O)C(C)Oc2ccc(C(C)=O)cc21. The summed E-state index contributed by atoms with van der Waals surface area (Å²) >= 11 is 5.99. The van der Waals surface area contributed by atoms with Crippen LogP contribution in [-0.2, 0) is 9.59 Å². The van der Waals surface area contributed by atoms with E-state index < -0.39 is 12.0 Å². The molecule has 1 atom stereocenters. The van der Waals surface area contributed by atoms with Gasteiger partial charge in [0.2, 0.25) is 5.91 Å². The lowest BCUT2D eigenvalue weighted by molar-refractivity contribution is -0.127. The minimum Gasteiger partial charge on any atom is -0.495 e. The fourth-order valence-electron chi connectivity index (χ4n) is 2.90. The molecule has 1 heterocycles. The van der Waals surface area contributed by atoms with Crippen molar-refractivity contribution in [1.29, 1.82) is 0 Å². The first kappa shape index (κ1) is 19.7. The molecule has 2 aromatic rings. The van der Waals surface area contributed by atoms with Gasteiger partial charge in [-0.3, -0.25) is 19.3 Å². The van der Waals surface area contributed by atoms with E-state index in [4.69, 9.17) is 21.1 Å². The molecule has 0 bridgehead atoms. The number of ether oxygens (including phenoxy) is 2. The molecule has 7 nitrogen and oxygen atoms in total. The predicted molar refractivity (Wildman–Crippen MR) is 106 cm³/mol. The monoisotopic (exact) mass is 402 g/mol. The van der Waals surface area contributed by atoms with E-state index in [1.807, 2.05) is 0 Å². The molecule has 1 aliphatic rings. The molecule has 2 amide bonds. The Morgan fingerprint density at radius 2 is 2.00 bits per heavy atom. The molecule has 3 rings (SSSR count). The standard InChI is InChI=1S/C20H19ClN2O5/c1-11(24)13-4-6-18-16(8-13)23(20(26)12(2)28-18)10-19(25)22-15-9-14(21)5-7-17(15)27-3/h4-9,12H,10H2,1-3H3,(H,22,25). The van der Waals surface area contributed by atoms with Gasteiger partial charge in [0.05, 0.1) is 18.5 Å². The summed E-state index contributed by atoms with van der Waals surface area (Å²) in [5.74, 6) is -0.0885. The summed E-state index contributed by atoms with van der Waals surface area (Å²) in [6, 6.07) is 9.63. The zero-order valence-electron chi connectivity index (χ0n) is 15.6. The number of carbonyl (C=O) groups excluding carboxylic acids is 3. The second kappa shape index (κ2) is 7.90. The average molecular weight is 403 g/mol. The van der Waals surface area contributed by atoms with Crippen LogP contribution in [0.25, 0.3) is 0 Å². The number of nitrogens with zero attached hydrogens (tertiary/aromatic N) is 1. The number of amides is 2. The van der Waals surface area contributed by atoms with Crippen molar-refractivity contribution in [3.05, 3.63) is 47.0 Å². The smallest absolute Gasteiger partial charge is 0.268 e. The highest BCUT2D eigenvalue weighted by Crippen LogP contribution is 2.35. The minimum atomic E-state index is -0.746. The van der Waals surface area contributed by atoms with Crippen molar-refractivity contribution in [3.63, 3.8) is 0 Å². The summed E-state index contributed by atoms with van der Waals surface area (Å²) < 4.78 is 10.8. The van der Waals surface area contributed by atoms with Gasteiger partial charge in [0.1, 0.15) is 18.0 Å². The largest absolute Gasteiger partial charge is 0.495 e. The fourth-order valence-corrected chi connectivity index (χ4v) is 3.07. The van der Waals surface area contributed by atoms with Crippen LogP contribution in [-0.4, -0.2) is 37.4 Å². The van der Waals surface area contributed by atoms with E-state index in [9.17, 15) is 14.4 Å². The van der Waals surface area contributed by atoms with Crippen molar-refractivity contribution < 1.29 is 23.9 Å². The van der Waals surface area contributed by atoms with Gasteiger partial charge in [-0.1, -0.05) is 11.6 Å². The van der Waals surface area contributed by atoms with Gasteiger partial charge in [0.25, 0.3) is 5.91 Å². The zero-order valence-corrected chi connectivity index (χ0v) is 16.4. The van der Waals surface area contributed by atoms with Crippen LogP contribution in [0.4, 0.5) is 11.4 Å². The number of hydrogen-bond donors (Lipinski definition) is 1. The molecule has 0 saturated heterocycles. The van der Waals surface area contributed by atoms with Crippen LogP contribution < -0.4 is 19.7 Å². The van der Waals surface area contributed by atoms with E-state index in [-0.39, 0.29) is 18.2 Å². The summed E-state index contributed by atoms with van der Waals surface area (Å²) in [5.41, 5.74) is 1.20. The first-order valence-corrected chi connectivity index (χ1v) is 8.94. The number of Topliss-reactive ketones (excluding diaryl/α,β-unsaturated/α-hetero) is 1. The van der Waals surface area contributed by atoms with Crippen molar-refractivity contribution in [2.75, 3.05) is 23.9 Å². The van der Waals surface area contributed by atoms with Crippen LogP contribution in [0.2, 0.25) is 5.02 Å². The van der Waals surface area contributed by atoms with E-state index in [1.54, 1.807) is 43.3 Å². The van der Waals surface area contributed by atoms with Crippen molar-refractivity contribution in [2.24, 2.45) is 0 Å². The molecule has 0 saturated carbocycles. The highest BCUT2D eigenvalue weighted by molar-refractivity contribution is 6.31. The third-order valence-corrected chi connectivity index (χ3v) is 4.55. The number of anilines is 2. The number of fused-ring (bicyclic) bond motifs is 1. The second-order valence-corrected chi connectivity index (χ2v) is 6.75. The van der Waals surface area contributed by atoms with Crippen LogP contribution in [0.5, 0.6) is 11.5 Å². The summed E-state index contributed by atoms with van der Waals surface area (Å²) in [7, 11) is 1.48. The maximum absolute atomic E-state index is 12.6. The topological polar surface area (TPSA) is 84.9 Å². The number of ketones is 1. The quantitative estimate of drug-likeness (QED) is 0.775. The Hall–Kier alpha value is -3.06. The van der Waals surface area contributed by atoms with Crippen molar-refractivity contribution in [1.82, 2.24) is 0 Å². The Morgan fingerprint density at radius 1 is 1.25 bits per heavy atom. The normalized spacial score (nSPS) is 15.5. The molecular weight excluding hydrogens is 384 g/mol.